The standard InChI is InChI=1S/C22H25N4O6P/c1-3-31-33(29,32-4-2)12-11-30-15-25-13-17(23-24-25)14-26-21(27)18-9-5-7-16-8-6-10-19(20(16)18)22(26)28/h5-10,13H,3-4,11-12,14-15H2,1-2H3. The molecule has 33 heavy (non-hydrogen) atoms. The molecule has 1 aliphatic heterocycles. The maximum Gasteiger partial charge on any atom is 0.332 e. The lowest BCUT2D eigenvalue weighted by Crippen LogP contribution is -2.39. The maximum atomic E-state index is 13.0. The van der Waals surface area contributed by atoms with Gasteiger partial charge in [-0.15, -0.1) is 5.10 Å². The third-order valence-corrected chi connectivity index (χ3v) is 7.18. The third-order valence-electron chi connectivity index (χ3n) is 5.15. The topological polar surface area (TPSA) is 113 Å². The molecular formula is C22H25N4O6P. The number of imide groups is 1. The van der Waals surface area contributed by atoms with Crippen LogP contribution in [0.2, 0.25) is 0 Å². The summed E-state index contributed by atoms with van der Waals surface area (Å²) in [6, 6.07) is 10.8. The highest BCUT2D eigenvalue weighted by atomic mass is 31.2. The zero-order valence-electron chi connectivity index (χ0n) is 18.5. The first-order chi connectivity index (χ1) is 16.0. The predicted octanol–water partition coefficient (Wildman–Crippen LogP) is 3.47. The number of amides is 2. The van der Waals surface area contributed by atoms with Crippen LogP contribution in [0.5, 0.6) is 0 Å². The van der Waals surface area contributed by atoms with Gasteiger partial charge in [0, 0.05) is 16.5 Å². The van der Waals surface area contributed by atoms with E-state index in [2.05, 4.69) is 10.3 Å². The van der Waals surface area contributed by atoms with E-state index < -0.39 is 7.60 Å². The van der Waals surface area contributed by atoms with E-state index in [1.807, 2.05) is 12.1 Å². The molecule has 0 radical (unpaired) electrons. The van der Waals surface area contributed by atoms with Gasteiger partial charge in [0.25, 0.3) is 11.8 Å². The normalized spacial score (nSPS) is 13.8. The number of hydrogen-bond acceptors (Lipinski definition) is 8. The van der Waals surface area contributed by atoms with E-state index >= 15 is 0 Å². The van der Waals surface area contributed by atoms with Gasteiger partial charge in [-0.1, -0.05) is 29.5 Å². The highest BCUT2D eigenvalue weighted by molar-refractivity contribution is 7.53. The van der Waals surface area contributed by atoms with Gasteiger partial charge in [-0.3, -0.25) is 19.1 Å². The summed E-state index contributed by atoms with van der Waals surface area (Å²) in [6.45, 7) is 4.28. The predicted molar refractivity (Wildman–Crippen MR) is 120 cm³/mol. The summed E-state index contributed by atoms with van der Waals surface area (Å²) in [5.41, 5.74) is 1.43. The second-order valence-electron chi connectivity index (χ2n) is 7.36. The van der Waals surface area contributed by atoms with E-state index in [4.69, 9.17) is 13.8 Å². The van der Waals surface area contributed by atoms with Crippen molar-refractivity contribution >= 4 is 30.2 Å². The smallest absolute Gasteiger partial charge is 0.332 e. The van der Waals surface area contributed by atoms with Crippen molar-refractivity contribution < 1.29 is 27.9 Å². The van der Waals surface area contributed by atoms with Crippen molar-refractivity contribution in [3.63, 3.8) is 0 Å². The molecule has 2 heterocycles. The molecular weight excluding hydrogens is 447 g/mol. The van der Waals surface area contributed by atoms with Crippen LogP contribution in [0.3, 0.4) is 0 Å². The van der Waals surface area contributed by atoms with Crippen LogP contribution in [0.4, 0.5) is 0 Å². The van der Waals surface area contributed by atoms with E-state index in [0.717, 1.165) is 5.39 Å². The van der Waals surface area contributed by atoms with E-state index in [9.17, 15) is 14.2 Å². The van der Waals surface area contributed by atoms with Crippen LogP contribution in [-0.2, 0) is 31.6 Å². The highest BCUT2D eigenvalue weighted by Gasteiger charge is 2.33. The van der Waals surface area contributed by atoms with Crippen molar-refractivity contribution in [2.24, 2.45) is 0 Å². The number of hydrogen-bond donors (Lipinski definition) is 0. The number of carbonyl (C=O) groups is 2. The van der Waals surface area contributed by atoms with Crippen LogP contribution >= 0.6 is 7.60 Å². The third kappa shape index (κ3) is 4.89. The first-order valence-electron chi connectivity index (χ1n) is 10.7. The Balaban J connectivity index is 1.38. The maximum absolute atomic E-state index is 13.0. The van der Waals surface area contributed by atoms with E-state index in [1.165, 1.54) is 9.58 Å². The average Bonchev–Trinajstić information content (AvgIpc) is 3.25. The zero-order chi connectivity index (χ0) is 23.4. The molecule has 1 aromatic heterocycles. The van der Waals surface area contributed by atoms with Crippen LogP contribution in [0, 0.1) is 0 Å². The van der Waals surface area contributed by atoms with Gasteiger partial charge in [-0.25, -0.2) is 4.68 Å². The second kappa shape index (κ2) is 9.93. The number of rotatable bonds is 11. The van der Waals surface area contributed by atoms with Gasteiger partial charge >= 0.3 is 7.60 Å². The Morgan fingerprint density at radius 3 is 2.21 bits per heavy atom. The molecule has 0 saturated heterocycles. The van der Waals surface area contributed by atoms with Crippen LogP contribution in [0.1, 0.15) is 40.3 Å². The minimum Gasteiger partial charge on any atom is -0.359 e. The summed E-state index contributed by atoms with van der Waals surface area (Å²) >= 11 is 0. The molecule has 11 heteroatoms. The molecule has 10 nitrogen and oxygen atoms in total. The zero-order valence-corrected chi connectivity index (χ0v) is 19.4. The van der Waals surface area contributed by atoms with Gasteiger partial charge in [0.05, 0.1) is 38.7 Å². The monoisotopic (exact) mass is 472 g/mol. The molecule has 0 fully saturated rings. The molecule has 0 N–H and O–H groups in total. The number of ether oxygens (including phenoxy) is 1. The van der Waals surface area contributed by atoms with Crippen LogP contribution < -0.4 is 0 Å². The number of aromatic nitrogens is 3. The van der Waals surface area contributed by atoms with E-state index in [1.54, 1.807) is 44.3 Å². The lowest BCUT2D eigenvalue weighted by molar-refractivity contribution is 0.0596. The fourth-order valence-corrected chi connectivity index (χ4v) is 5.23. The molecule has 2 amide bonds. The quantitative estimate of drug-likeness (QED) is 0.237. The second-order valence-corrected chi connectivity index (χ2v) is 9.55. The first-order valence-corrected chi connectivity index (χ1v) is 12.4. The molecule has 0 atom stereocenters. The molecule has 1 aliphatic rings. The highest BCUT2D eigenvalue weighted by Crippen LogP contribution is 2.47. The fourth-order valence-electron chi connectivity index (χ4n) is 3.75. The first kappa shape index (κ1) is 23.3. The summed E-state index contributed by atoms with van der Waals surface area (Å²) in [5, 5.41) is 9.57. The number of nitrogens with zero attached hydrogens (tertiary/aromatic N) is 4. The Bertz CT molecular complexity index is 1170. The van der Waals surface area contributed by atoms with Crippen molar-refractivity contribution in [1.29, 1.82) is 0 Å². The van der Waals surface area contributed by atoms with Gasteiger partial charge in [0.15, 0.2) is 0 Å². The molecule has 174 valence electrons. The van der Waals surface area contributed by atoms with Gasteiger partial charge in [-0.2, -0.15) is 0 Å². The lowest BCUT2D eigenvalue weighted by Gasteiger charge is -2.26. The summed E-state index contributed by atoms with van der Waals surface area (Å²) < 4.78 is 29.8. The van der Waals surface area contributed by atoms with Crippen molar-refractivity contribution in [2.45, 2.75) is 27.1 Å². The molecule has 0 bridgehead atoms. The van der Waals surface area contributed by atoms with Crippen molar-refractivity contribution in [1.82, 2.24) is 19.9 Å². The fraction of sp³-hybridized carbons (Fsp3) is 0.364. The Kier molecular flexibility index (Phi) is 6.99. The summed E-state index contributed by atoms with van der Waals surface area (Å²) in [4.78, 5) is 27.2. The summed E-state index contributed by atoms with van der Waals surface area (Å²) in [6.07, 6.45) is 1.73. The van der Waals surface area contributed by atoms with Crippen LogP contribution in [0.15, 0.2) is 42.6 Å². The molecule has 0 saturated carbocycles. The van der Waals surface area contributed by atoms with Crippen LogP contribution in [0.25, 0.3) is 10.8 Å². The minimum atomic E-state index is -3.17. The molecule has 0 unspecified atom stereocenters. The van der Waals surface area contributed by atoms with E-state index in [0.29, 0.717) is 22.2 Å². The Morgan fingerprint density at radius 1 is 0.970 bits per heavy atom. The van der Waals surface area contributed by atoms with Crippen molar-refractivity contribution in [2.75, 3.05) is 26.0 Å². The molecule has 0 aliphatic carbocycles. The molecule has 4 rings (SSSR count). The van der Waals surface area contributed by atoms with Gasteiger partial charge < -0.3 is 13.8 Å². The van der Waals surface area contributed by atoms with Gasteiger partial charge in [0.2, 0.25) is 0 Å². The van der Waals surface area contributed by atoms with Gasteiger partial charge in [-0.05, 0) is 31.4 Å². The Hall–Kier alpha value is -2.91. The SMILES string of the molecule is CCOP(=O)(CCOCn1cc(CN2C(=O)c3cccc4cccc(c34)C2=O)nn1)OCC. The lowest BCUT2D eigenvalue weighted by atomic mass is 9.94. The molecule has 0 spiro atoms. The number of benzene rings is 2. The minimum absolute atomic E-state index is 0.00767. The molecule has 2 aromatic carbocycles. The van der Waals surface area contributed by atoms with Crippen molar-refractivity contribution in [3.8, 4) is 0 Å². The Morgan fingerprint density at radius 2 is 1.61 bits per heavy atom. The molecule has 3 aromatic rings. The summed E-state index contributed by atoms with van der Waals surface area (Å²) in [7, 11) is -3.17. The van der Waals surface area contributed by atoms with E-state index in [-0.39, 0.29) is 51.1 Å². The largest absolute Gasteiger partial charge is 0.359 e. The average molecular weight is 472 g/mol. The van der Waals surface area contributed by atoms with Gasteiger partial charge in [0.1, 0.15) is 12.4 Å². The van der Waals surface area contributed by atoms with Crippen LogP contribution in [-0.4, -0.2) is 57.7 Å². The Labute approximate surface area is 190 Å². The summed E-state index contributed by atoms with van der Waals surface area (Å²) in [5.74, 6) is -0.726. The van der Waals surface area contributed by atoms with Crippen molar-refractivity contribution in [3.05, 3.63) is 59.4 Å². The number of carbonyl (C=O) groups excluding carboxylic acids is 2.